The Morgan fingerprint density at radius 2 is 2.22 bits per heavy atom. The molecule has 0 aliphatic carbocycles. The molecule has 0 saturated carbocycles. The molecule has 0 rings (SSSR count). The molecule has 0 aromatic carbocycles. The Morgan fingerprint density at radius 3 is 2.33 bits per heavy atom. The Balaban J connectivity index is 4.17. The van der Waals surface area contributed by atoms with Crippen molar-refractivity contribution in [2.75, 3.05) is 0 Å². The number of nitrogens with two attached hydrogens (primary N) is 1. The Bertz CT molecular complexity index is 174. The van der Waals surface area contributed by atoms with Crippen molar-refractivity contribution in [1.82, 2.24) is 0 Å². The van der Waals surface area contributed by atoms with E-state index < -0.39 is 5.91 Å². The molecule has 50 valence electrons. The van der Waals surface area contributed by atoms with E-state index in [1.165, 1.54) is 6.08 Å². The van der Waals surface area contributed by atoms with Gasteiger partial charge in [0.25, 0.3) is 0 Å². The second-order valence-corrected chi connectivity index (χ2v) is 2.34. The van der Waals surface area contributed by atoms with E-state index >= 15 is 0 Å². The summed E-state index contributed by atoms with van der Waals surface area (Å²) in [4.78, 5) is 10.1. The summed E-state index contributed by atoms with van der Waals surface area (Å²) in [6.07, 6.45) is 1.19. The van der Waals surface area contributed by atoms with Crippen LogP contribution in [0.25, 0.3) is 0 Å². The van der Waals surface area contributed by atoms with E-state index in [2.05, 4.69) is 15.9 Å². The van der Waals surface area contributed by atoms with E-state index in [4.69, 9.17) is 11.1 Å². The number of allylic oxidation sites excluding steroid dienone is 1. The molecule has 3 N–H and O–H groups in total. The van der Waals surface area contributed by atoms with Gasteiger partial charge >= 0.3 is 0 Å². The number of hydrogen-bond donors (Lipinski definition) is 2. The van der Waals surface area contributed by atoms with Gasteiger partial charge in [0.05, 0.1) is 4.62 Å². The van der Waals surface area contributed by atoms with Crippen LogP contribution in [0.3, 0.4) is 0 Å². The van der Waals surface area contributed by atoms with Gasteiger partial charge < -0.3 is 5.73 Å². The lowest BCUT2D eigenvalue weighted by Crippen LogP contribution is -2.07. The van der Waals surface area contributed by atoms with Crippen molar-refractivity contribution in [3.05, 3.63) is 11.6 Å². The normalized spacial score (nSPS) is 11.1. The van der Waals surface area contributed by atoms with Crippen molar-refractivity contribution in [3.8, 4) is 0 Å². The topological polar surface area (TPSA) is 66.9 Å². The maximum absolute atomic E-state index is 10.1. The molecule has 9 heavy (non-hydrogen) atoms. The molecule has 0 aromatic heterocycles. The summed E-state index contributed by atoms with van der Waals surface area (Å²) in [5.74, 6) is -0.531. The molecule has 0 aliphatic heterocycles. The summed E-state index contributed by atoms with van der Waals surface area (Å²) in [5, 5.41) is 6.93. The largest absolute Gasteiger partial charge is 0.366 e. The van der Waals surface area contributed by atoms with Crippen molar-refractivity contribution in [3.63, 3.8) is 0 Å². The summed E-state index contributed by atoms with van der Waals surface area (Å²) >= 11 is 2.88. The van der Waals surface area contributed by atoms with Crippen LogP contribution in [0.5, 0.6) is 0 Å². The first-order valence-electron chi connectivity index (χ1n) is 2.26. The van der Waals surface area contributed by atoms with Crippen LogP contribution >= 0.6 is 15.9 Å². The van der Waals surface area contributed by atoms with Gasteiger partial charge in [0.1, 0.15) is 0 Å². The SMILES string of the molecule is C/C(=C/C(N)=O)C(=N)Br. The minimum absolute atomic E-state index is 0.182. The van der Waals surface area contributed by atoms with Crippen molar-refractivity contribution in [1.29, 1.82) is 5.41 Å². The number of nitrogens with one attached hydrogen (secondary N) is 1. The van der Waals surface area contributed by atoms with Gasteiger partial charge in [0.15, 0.2) is 0 Å². The molecule has 4 heteroatoms. The van der Waals surface area contributed by atoms with Gasteiger partial charge in [-0.2, -0.15) is 0 Å². The number of carbonyl (C=O) groups excluding carboxylic acids is 1. The number of amides is 1. The van der Waals surface area contributed by atoms with E-state index in [0.29, 0.717) is 5.57 Å². The average Bonchev–Trinajstić information content (AvgIpc) is 1.63. The first kappa shape index (κ1) is 8.36. The zero-order valence-corrected chi connectivity index (χ0v) is 6.53. The van der Waals surface area contributed by atoms with E-state index in [9.17, 15) is 4.79 Å². The third-order valence-electron chi connectivity index (χ3n) is 0.705. The molecular formula is C5H7BrN2O. The Kier molecular flexibility index (Phi) is 3.16. The average molecular weight is 191 g/mol. The zero-order chi connectivity index (χ0) is 7.44. The standard InChI is InChI=1S/C5H7BrN2O/c1-3(5(6)8)2-4(7)9/h2,8H,1H3,(H2,7,9)/b3-2-,8-5?. The van der Waals surface area contributed by atoms with Crippen LogP contribution in [-0.4, -0.2) is 10.5 Å². The summed E-state index contributed by atoms with van der Waals surface area (Å²) < 4.78 is 0.182. The fourth-order valence-electron chi connectivity index (χ4n) is 0.277. The molecule has 0 saturated heterocycles. The van der Waals surface area contributed by atoms with Gasteiger partial charge in [-0.05, 0) is 28.4 Å². The van der Waals surface area contributed by atoms with Gasteiger partial charge in [-0.1, -0.05) is 0 Å². The highest BCUT2D eigenvalue weighted by Gasteiger charge is 1.94. The quantitative estimate of drug-likeness (QED) is 0.491. The molecule has 0 aromatic rings. The van der Waals surface area contributed by atoms with Crippen molar-refractivity contribution in [2.45, 2.75) is 6.92 Å². The molecule has 0 atom stereocenters. The van der Waals surface area contributed by atoms with Gasteiger partial charge in [0, 0.05) is 6.08 Å². The molecule has 1 amide bonds. The predicted octanol–water partition coefficient (Wildman–Crippen LogP) is 0.790. The molecule has 3 nitrogen and oxygen atoms in total. The summed E-state index contributed by atoms with van der Waals surface area (Å²) in [6.45, 7) is 1.63. The fourth-order valence-corrected chi connectivity index (χ4v) is 0.391. The first-order valence-corrected chi connectivity index (χ1v) is 3.05. The molecule has 0 unspecified atom stereocenters. The lowest BCUT2D eigenvalue weighted by Gasteiger charge is -1.90. The van der Waals surface area contributed by atoms with Crippen LogP contribution in [-0.2, 0) is 4.79 Å². The first-order chi connectivity index (χ1) is 4.04. The Labute approximate surface area is 61.6 Å². The van der Waals surface area contributed by atoms with Crippen LogP contribution in [0.15, 0.2) is 11.6 Å². The van der Waals surface area contributed by atoms with E-state index in [-0.39, 0.29) is 4.62 Å². The molecule has 0 aliphatic rings. The van der Waals surface area contributed by atoms with E-state index in [1.807, 2.05) is 0 Å². The highest BCUT2D eigenvalue weighted by molar-refractivity contribution is 9.18. The van der Waals surface area contributed by atoms with Crippen LogP contribution in [0, 0.1) is 5.41 Å². The van der Waals surface area contributed by atoms with Crippen LogP contribution in [0.4, 0.5) is 0 Å². The second-order valence-electron chi connectivity index (χ2n) is 1.54. The van der Waals surface area contributed by atoms with Crippen LogP contribution < -0.4 is 5.73 Å². The number of primary amides is 1. The number of rotatable bonds is 2. The molecule has 0 bridgehead atoms. The maximum atomic E-state index is 10.1. The molecule has 0 fully saturated rings. The minimum atomic E-state index is -0.531. The second kappa shape index (κ2) is 3.40. The maximum Gasteiger partial charge on any atom is 0.241 e. The summed E-state index contributed by atoms with van der Waals surface area (Å²) in [7, 11) is 0. The van der Waals surface area contributed by atoms with Gasteiger partial charge in [-0.15, -0.1) is 0 Å². The van der Waals surface area contributed by atoms with E-state index in [1.54, 1.807) is 6.92 Å². The van der Waals surface area contributed by atoms with Crippen molar-refractivity contribution < 1.29 is 4.79 Å². The third-order valence-corrected chi connectivity index (χ3v) is 1.33. The molecular weight excluding hydrogens is 184 g/mol. The monoisotopic (exact) mass is 190 g/mol. The lowest BCUT2D eigenvalue weighted by atomic mass is 10.3. The van der Waals surface area contributed by atoms with Crippen molar-refractivity contribution in [2.24, 2.45) is 5.73 Å². The van der Waals surface area contributed by atoms with E-state index in [0.717, 1.165) is 0 Å². The molecule has 0 spiro atoms. The molecule has 0 heterocycles. The Hall–Kier alpha value is -0.640. The van der Waals surface area contributed by atoms with Crippen LogP contribution in [0.2, 0.25) is 0 Å². The Morgan fingerprint density at radius 1 is 1.78 bits per heavy atom. The van der Waals surface area contributed by atoms with Crippen LogP contribution in [0.1, 0.15) is 6.92 Å². The highest BCUT2D eigenvalue weighted by atomic mass is 79.9. The number of hydrogen-bond acceptors (Lipinski definition) is 2. The number of carbonyl (C=O) groups is 1. The zero-order valence-electron chi connectivity index (χ0n) is 4.94. The fraction of sp³-hybridized carbons (Fsp3) is 0.200. The third kappa shape index (κ3) is 3.90. The van der Waals surface area contributed by atoms with Crippen molar-refractivity contribution >= 4 is 26.5 Å². The smallest absolute Gasteiger partial charge is 0.241 e. The predicted molar refractivity (Wildman–Crippen MR) is 39.6 cm³/mol. The summed E-state index contributed by atoms with van der Waals surface area (Å²) in [6, 6.07) is 0. The number of halogens is 1. The summed E-state index contributed by atoms with van der Waals surface area (Å²) in [5.41, 5.74) is 5.33. The van der Waals surface area contributed by atoms with Gasteiger partial charge in [-0.3, -0.25) is 10.2 Å². The highest BCUT2D eigenvalue weighted by Crippen LogP contribution is 1.99. The minimum Gasteiger partial charge on any atom is -0.366 e. The van der Waals surface area contributed by atoms with Gasteiger partial charge in [0.2, 0.25) is 5.91 Å². The lowest BCUT2D eigenvalue weighted by molar-refractivity contribution is -0.113. The molecule has 0 radical (unpaired) electrons. The van der Waals surface area contributed by atoms with Gasteiger partial charge in [-0.25, -0.2) is 0 Å².